The first-order valence-corrected chi connectivity index (χ1v) is 7.84. The number of carbonyl (C=O) groups excluding carboxylic acids is 1. The van der Waals surface area contributed by atoms with Gasteiger partial charge < -0.3 is 4.90 Å². The Labute approximate surface area is 121 Å². The second-order valence-electron chi connectivity index (χ2n) is 6.17. The minimum Gasteiger partial charge on any atom is -0.323 e. The van der Waals surface area contributed by atoms with E-state index in [1.165, 1.54) is 19.3 Å². The Morgan fingerprint density at radius 1 is 1.30 bits per heavy atom. The number of hydrogen-bond acceptors (Lipinski definition) is 2. The molecule has 1 aliphatic heterocycles. The quantitative estimate of drug-likeness (QED) is 0.893. The topological polar surface area (TPSA) is 32.3 Å². The third-order valence-electron chi connectivity index (χ3n) is 4.63. The zero-order valence-electron chi connectivity index (χ0n) is 12.4. The summed E-state index contributed by atoms with van der Waals surface area (Å²) in [5, 5.41) is 3.45. The maximum atomic E-state index is 12.8. The van der Waals surface area contributed by atoms with Crippen molar-refractivity contribution >= 4 is 5.91 Å². The van der Waals surface area contributed by atoms with Crippen molar-refractivity contribution in [2.75, 3.05) is 0 Å². The molecular formula is C17H24N2O. The van der Waals surface area contributed by atoms with Crippen LogP contribution >= 0.6 is 0 Å². The summed E-state index contributed by atoms with van der Waals surface area (Å²) in [6.45, 7) is 4.30. The molecule has 0 radical (unpaired) electrons. The number of nitrogens with zero attached hydrogens (tertiary/aromatic N) is 1. The molecule has 1 saturated heterocycles. The molecule has 0 aromatic heterocycles. The zero-order valence-corrected chi connectivity index (χ0v) is 12.4. The molecule has 1 heterocycles. The summed E-state index contributed by atoms with van der Waals surface area (Å²) in [5.74, 6) is 1.10. The lowest BCUT2D eigenvalue weighted by Gasteiger charge is -2.30. The smallest absolute Gasteiger partial charge is 0.245 e. The van der Waals surface area contributed by atoms with Crippen LogP contribution in [-0.2, 0) is 4.79 Å². The van der Waals surface area contributed by atoms with Crippen molar-refractivity contribution in [2.24, 2.45) is 5.92 Å². The van der Waals surface area contributed by atoms with Gasteiger partial charge in [-0.1, -0.05) is 50.1 Å². The van der Waals surface area contributed by atoms with Crippen molar-refractivity contribution in [1.29, 1.82) is 0 Å². The van der Waals surface area contributed by atoms with Crippen molar-refractivity contribution in [3.63, 3.8) is 0 Å². The van der Waals surface area contributed by atoms with Crippen molar-refractivity contribution in [3.05, 3.63) is 35.9 Å². The third kappa shape index (κ3) is 2.59. The Balaban J connectivity index is 1.77. The second-order valence-corrected chi connectivity index (χ2v) is 6.17. The summed E-state index contributed by atoms with van der Waals surface area (Å²) in [7, 11) is 0. The average Bonchev–Trinajstić information content (AvgIpc) is 3.23. The Bertz CT molecular complexity index is 469. The Morgan fingerprint density at radius 2 is 2.00 bits per heavy atom. The summed E-state index contributed by atoms with van der Waals surface area (Å²) in [6, 6.07) is 10.3. The summed E-state index contributed by atoms with van der Waals surface area (Å²) < 4.78 is 0. The number of benzene rings is 1. The van der Waals surface area contributed by atoms with Crippen LogP contribution in [0.2, 0.25) is 0 Å². The molecule has 2 fully saturated rings. The van der Waals surface area contributed by atoms with E-state index in [-0.39, 0.29) is 18.1 Å². The normalized spacial score (nSPS) is 27.9. The first kappa shape index (κ1) is 13.6. The highest BCUT2D eigenvalue weighted by molar-refractivity contribution is 5.86. The van der Waals surface area contributed by atoms with Gasteiger partial charge in [-0.3, -0.25) is 10.1 Å². The molecule has 0 spiro atoms. The lowest BCUT2D eigenvalue weighted by atomic mass is 10.0. The van der Waals surface area contributed by atoms with E-state index in [1.54, 1.807) is 0 Å². The van der Waals surface area contributed by atoms with Crippen molar-refractivity contribution in [2.45, 2.75) is 57.8 Å². The average molecular weight is 272 g/mol. The Morgan fingerprint density at radius 3 is 2.60 bits per heavy atom. The minimum absolute atomic E-state index is 0.136. The highest BCUT2D eigenvalue weighted by Gasteiger charge is 2.41. The number of hydrogen-bond donors (Lipinski definition) is 1. The van der Waals surface area contributed by atoms with E-state index >= 15 is 0 Å². The van der Waals surface area contributed by atoms with Gasteiger partial charge in [0.05, 0.1) is 6.17 Å². The van der Waals surface area contributed by atoms with Crippen LogP contribution in [0.5, 0.6) is 0 Å². The number of carbonyl (C=O) groups is 1. The SMILES string of the molecule is CCC(CC1CC1)N1C(=O)C(c2ccccc2)NC1C. The van der Waals surface area contributed by atoms with Gasteiger partial charge >= 0.3 is 0 Å². The molecule has 1 N–H and O–H groups in total. The maximum absolute atomic E-state index is 12.8. The lowest BCUT2D eigenvalue weighted by Crippen LogP contribution is -2.43. The zero-order chi connectivity index (χ0) is 14.1. The van der Waals surface area contributed by atoms with Crippen LogP contribution in [0.15, 0.2) is 30.3 Å². The molecule has 3 atom stereocenters. The fourth-order valence-corrected chi connectivity index (χ4v) is 3.33. The van der Waals surface area contributed by atoms with Gasteiger partial charge in [-0.2, -0.15) is 0 Å². The van der Waals surface area contributed by atoms with Gasteiger partial charge in [0.15, 0.2) is 0 Å². The molecular weight excluding hydrogens is 248 g/mol. The number of rotatable bonds is 5. The van der Waals surface area contributed by atoms with Gasteiger partial charge in [0.2, 0.25) is 5.91 Å². The van der Waals surface area contributed by atoms with Gasteiger partial charge in [-0.05, 0) is 31.2 Å². The van der Waals surface area contributed by atoms with Crippen LogP contribution in [0.4, 0.5) is 0 Å². The van der Waals surface area contributed by atoms with Crippen molar-refractivity contribution < 1.29 is 4.79 Å². The maximum Gasteiger partial charge on any atom is 0.245 e. The van der Waals surface area contributed by atoms with Crippen LogP contribution in [0.25, 0.3) is 0 Å². The molecule has 3 nitrogen and oxygen atoms in total. The highest BCUT2D eigenvalue weighted by atomic mass is 16.2. The molecule has 1 aliphatic carbocycles. The molecule has 1 aromatic rings. The highest BCUT2D eigenvalue weighted by Crippen LogP contribution is 2.37. The molecule has 1 amide bonds. The Hall–Kier alpha value is -1.35. The summed E-state index contributed by atoms with van der Waals surface area (Å²) in [4.78, 5) is 14.9. The van der Waals surface area contributed by atoms with E-state index in [9.17, 15) is 4.79 Å². The molecule has 108 valence electrons. The molecule has 1 saturated carbocycles. The van der Waals surface area contributed by atoms with Gasteiger partial charge in [-0.15, -0.1) is 0 Å². The molecule has 20 heavy (non-hydrogen) atoms. The van der Waals surface area contributed by atoms with E-state index in [0.29, 0.717) is 6.04 Å². The fourth-order valence-electron chi connectivity index (χ4n) is 3.33. The van der Waals surface area contributed by atoms with Crippen molar-refractivity contribution in [3.8, 4) is 0 Å². The predicted octanol–water partition coefficient (Wildman–Crippen LogP) is 3.08. The van der Waals surface area contributed by atoms with E-state index < -0.39 is 0 Å². The third-order valence-corrected chi connectivity index (χ3v) is 4.63. The summed E-state index contributed by atoms with van der Waals surface area (Å²) in [6.07, 6.45) is 5.06. The Kier molecular flexibility index (Phi) is 3.79. The number of amides is 1. The molecule has 2 aliphatic rings. The summed E-state index contributed by atoms with van der Waals surface area (Å²) >= 11 is 0. The lowest BCUT2D eigenvalue weighted by molar-refractivity contribution is -0.132. The molecule has 0 bridgehead atoms. The van der Waals surface area contributed by atoms with Gasteiger partial charge in [0.1, 0.15) is 6.04 Å². The molecule has 3 rings (SSSR count). The van der Waals surface area contributed by atoms with E-state index in [1.807, 2.05) is 30.3 Å². The first-order valence-electron chi connectivity index (χ1n) is 7.84. The monoisotopic (exact) mass is 272 g/mol. The molecule has 3 heteroatoms. The van der Waals surface area contributed by atoms with Crippen LogP contribution in [0.3, 0.4) is 0 Å². The minimum atomic E-state index is -0.167. The van der Waals surface area contributed by atoms with E-state index in [4.69, 9.17) is 0 Å². The van der Waals surface area contributed by atoms with Gasteiger partial charge in [-0.25, -0.2) is 0 Å². The summed E-state index contributed by atoms with van der Waals surface area (Å²) in [5.41, 5.74) is 1.08. The van der Waals surface area contributed by atoms with Crippen LogP contribution in [0.1, 0.15) is 51.1 Å². The van der Waals surface area contributed by atoms with E-state index in [0.717, 1.165) is 17.9 Å². The van der Waals surface area contributed by atoms with Gasteiger partial charge in [0, 0.05) is 6.04 Å². The van der Waals surface area contributed by atoms with Crippen LogP contribution < -0.4 is 5.32 Å². The predicted molar refractivity (Wildman–Crippen MR) is 80.0 cm³/mol. The van der Waals surface area contributed by atoms with E-state index in [2.05, 4.69) is 24.1 Å². The standard InChI is InChI=1S/C17H24N2O/c1-3-15(11-13-9-10-13)19-12(2)18-16(17(19)20)14-7-5-4-6-8-14/h4-8,12-13,15-16,18H,3,9-11H2,1-2H3. The van der Waals surface area contributed by atoms with Gasteiger partial charge in [0.25, 0.3) is 0 Å². The van der Waals surface area contributed by atoms with Crippen molar-refractivity contribution in [1.82, 2.24) is 10.2 Å². The molecule has 1 aromatic carbocycles. The van der Waals surface area contributed by atoms with Crippen LogP contribution in [-0.4, -0.2) is 23.0 Å². The fraction of sp³-hybridized carbons (Fsp3) is 0.588. The number of nitrogens with one attached hydrogen (secondary N) is 1. The van der Waals surface area contributed by atoms with Crippen LogP contribution in [0, 0.1) is 5.92 Å². The largest absolute Gasteiger partial charge is 0.323 e. The second kappa shape index (κ2) is 5.57. The first-order chi connectivity index (χ1) is 9.70. The molecule has 3 unspecified atom stereocenters.